The minimum Gasteiger partial charge on any atom is -0.480 e. The van der Waals surface area contributed by atoms with Crippen molar-refractivity contribution in [2.45, 2.75) is 57.9 Å². The zero-order chi connectivity index (χ0) is 14.6. The summed E-state index contributed by atoms with van der Waals surface area (Å²) in [6, 6.07) is -0.619. The van der Waals surface area contributed by atoms with Gasteiger partial charge in [-0.15, -0.1) is 0 Å². The number of hydrogen-bond donors (Lipinski definition) is 2. The molecule has 2 fully saturated rings. The lowest BCUT2D eigenvalue weighted by molar-refractivity contribution is -0.158. The fraction of sp³-hybridized carbons (Fsp3) is 0.867. The Hall–Kier alpha value is -1.10. The average molecular weight is 282 g/mol. The maximum atomic E-state index is 13.0. The van der Waals surface area contributed by atoms with Gasteiger partial charge in [0.1, 0.15) is 6.04 Å². The van der Waals surface area contributed by atoms with Crippen LogP contribution < -0.4 is 5.32 Å². The lowest BCUT2D eigenvalue weighted by Crippen LogP contribution is -2.57. The van der Waals surface area contributed by atoms with Gasteiger partial charge in [0, 0.05) is 13.1 Å². The maximum Gasteiger partial charge on any atom is 0.326 e. The molecule has 5 heteroatoms. The van der Waals surface area contributed by atoms with Gasteiger partial charge in [0.25, 0.3) is 0 Å². The van der Waals surface area contributed by atoms with Crippen LogP contribution in [0.3, 0.4) is 0 Å². The molecule has 1 amide bonds. The second-order valence-corrected chi connectivity index (χ2v) is 6.16. The number of nitrogens with one attached hydrogen (secondary N) is 1. The number of amides is 1. The van der Waals surface area contributed by atoms with E-state index >= 15 is 0 Å². The van der Waals surface area contributed by atoms with E-state index in [1.807, 2.05) is 0 Å². The van der Waals surface area contributed by atoms with Crippen LogP contribution in [0.2, 0.25) is 0 Å². The highest BCUT2D eigenvalue weighted by atomic mass is 16.4. The van der Waals surface area contributed by atoms with Crippen molar-refractivity contribution in [3.05, 3.63) is 0 Å². The van der Waals surface area contributed by atoms with Crippen LogP contribution >= 0.6 is 0 Å². The van der Waals surface area contributed by atoms with Crippen molar-refractivity contribution in [3.63, 3.8) is 0 Å². The van der Waals surface area contributed by atoms with Crippen LogP contribution in [0.4, 0.5) is 0 Å². The Balaban J connectivity index is 2.18. The first-order valence-corrected chi connectivity index (χ1v) is 7.85. The Morgan fingerprint density at radius 3 is 2.75 bits per heavy atom. The van der Waals surface area contributed by atoms with E-state index in [1.165, 1.54) is 0 Å². The molecular formula is C15H26N2O3. The van der Waals surface area contributed by atoms with Gasteiger partial charge < -0.3 is 15.3 Å². The summed E-state index contributed by atoms with van der Waals surface area (Å²) >= 11 is 0. The predicted molar refractivity (Wildman–Crippen MR) is 76.4 cm³/mol. The van der Waals surface area contributed by atoms with Crippen molar-refractivity contribution >= 4 is 11.9 Å². The smallest absolute Gasteiger partial charge is 0.326 e. The highest BCUT2D eigenvalue weighted by Crippen LogP contribution is 2.35. The second kappa shape index (κ2) is 6.57. The number of hydrogen-bond acceptors (Lipinski definition) is 3. The van der Waals surface area contributed by atoms with Gasteiger partial charge in [0.05, 0.1) is 5.41 Å². The molecule has 20 heavy (non-hydrogen) atoms. The van der Waals surface area contributed by atoms with Crippen LogP contribution in [0.25, 0.3) is 0 Å². The van der Waals surface area contributed by atoms with Crippen LogP contribution in [0.15, 0.2) is 0 Å². The van der Waals surface area contributed by atoms with Crippen LogP contribution in [0.1, 0.15) is 51.9 Å². The van der Waals surface area contributed by atoms with Crippen molar-refractivity contribution in [2.75, 3.05) is 19.6 Å². The summed E-state index contributed by atoms with van der Waals surface area (Å²) in [5.74, 6) is -0.785. The number of carboxylic acids is 1. The third-order valence-corrected chi connectivity index (χ3v) is 4.70. The summed E-state index contributed by atoms with van der Waals surface area (Å²) in [4.78, 5) is 26.1. The van der Waals surface area contributed by atoms with E-state index in [1.54, 1.807) is 4.90 Å². The van der Waals surface area contributed by atoms with E-state index in [4.69, 9.17) is 0 Å². The summed E-state index contributed by atoms with van der Waals surface area (Å²) < 4.78 is 0. The Kier molecular flexibility index (Phi) is 5.02. The molecule has 5 nitrogen and oxygen atoms in total. The topological polar surface area (TPSA) is 69.6 Å². The molecule has 0 aromatic carbocycles. The number of rotatable bonds is 4. The van der Waals surface area contributed by atoms with Crippen LogP contribution in [0, 0.1) is 5.41 Å². The predicted octanol–water partition coefficient (Wildman–Crippen LogP) is 1.62. The summed E-state index contributed by atoms with van der Waals surface area (Å²) in [5, 5.41) is 12.7. The minimum atomic E-state index is -0.853. The Morgan fingerprint density at radius 1 is 1.35 bits per heavy atom. The Labute approximate surface area is 120 Å². The molecule has 0 bridgehead atoms. The third kappa shape index (κ3) is 2.97. The fourth-order valence-electron chi connectivity index (χ4n) is 3.69. The fourth-order valence-corrected chi connectivity index (χ4v) is 3.69. The molecule has 114 valence electrons. The van der Waals surface area contributed by atoms with E-state index in [-0.39, 0.29) is 11.3 Å². The number of carbonyl (C=O) groups excluding carboxylic acids is 1. The lowest BCUT2D eigenvalue weighted by Gasteiger charge is -2.43. The van der Waals surface area contributed by atoms with E-state index in [0.717, 1.165) is 45.1 Å². The molecule has 0 radical (unpaired) electrons. The first-order valence-electron chi connectivity index (χ1n) is 7.85. The standard InChI is InChI=1S/C15H26N2O3/c1-2-7-15(8-5-9-16-11-15)14(20)17-10-4-3-6-12(17)13(18)19/h12,16H,2-11H2,1H3,(H,18,19). The SMILES string of the molecule is CCCC1(C(=O)N2CCCCC2C(=O)O)CCCNC1. The normalized spacial score (nSPS) is 31.1. The van der Waals surface area contributed by atoms with Crippen LogP contribution in [-0.4, -0.2) is 47.6 Å². The van der Waals surface area contributed by atoms with Gasteiger partial charge in [-0.1, -0.05) is 13.3 Å². The Bertz CT molecular complexity index is 359. The van der Waals surface area contributed by atoms with Gasteiger partial charge >= 0.3 is 5.97 Å². The maximum absolute atomic E-state index is 13.0. The molecule has 0 aliphatic carbocycles. The third-order valence-electron chi connectivity index (χ3n) is 4.70. The quantitative estimate of drug-likeness (QED) is 0.822. The number of aliphatic carboxylic acids is 1. The number of likely N-dealkylation sites (tertiary alicyclic amines) is 1. The molecule has 2 atom stereocenters. The summed E-state index contributed by atoms with van der Waals surface area (Å²) in [6.07, 6.45) is 6.11. The minimum absolute atomic E-state index is 0.0682. The number of carbonyl (C=O) groups is 2. The zero-order valence-corrected chi connectivity index (χ0v) is 12.4. The van der Waals surface area contributed by atoms with Gasteiger partial charge in [-0.2, -0.15) is 0 Å². The molecule has 0 saturated carbocycles. The first kappa shape index (κ1) is 15.3. The van der Waals surface area contributed by atoms with Gasteiger partial charge in [-0.05, 0) is 45.1 Å². The van der Waals surface area contributed by atoms with Gasteiger partial charge in [-0.25, -0.2) is 4.79 Å². The zero-order valence-electron chi connectivity index (χ0n) is 12.4. The molecule has 2 saturated heterocycles. The highest BCUT2D eigenvalue weighted by Gasteiger charge is 2.44. The van der Waals surface area contributed by atoms with Crippen molar-refractivity contribution < 1.29 is 14.7 Å². The molecular weight excluding hydrogens is 256 g/mol. The number of nitrogens with zero attached hydrogens (tertiary/aromatic N) is 1. The van der Waals surface area contributed by atoms with Gasteiger partial charge in [-0.3, -0.25) is 4.79 Å². The first-order chi connectivity index (χ1) is 9.60. The second-order valence-electron chi connectivity index (χ2n) is 6.16. The molecule has 0 aromatic rings. The summed E-state index contributed by atoms with van der Waals surface area (Å²) in [6.45, 7) is 4.35. The van der Waals surface area contributed by atoms with Crippen molar-refractivity contribution in [1.29, 1.82) is 0 Å². The molecule has 2 N–H and O–H groups in total. The molecule has 0 aromatic heterocycles. The molecule has 0 spiro atoms. The summed E-state index contributed by atoms with van der Waals surface area (Å²) in [5.41, 5.74) is -0.377. The average Bonchev–Trinajstić information content (AvgIpc) is 2.47. The van der Waals surface area contributed by atoms with E-state index in [2.05, 4.69) is 12.2 Å². The Morgan fingerprint density at radius 2 is 2.15 bits per heavy atom. The van der Waals surface area contributed by atoms with E-state index < -0.39 is 12.0 Å². The molecule has 2 aliphatic rings. The summed E-state index contributed by atoms with van der Waals surface area (Å²) in [7, 11) is 0. The number of carboxylic acid groups (broad SMARTS) is 1. The van der Waals surface area contributed by atoms with Crippen molar-refractivity contribution in [1.82, 2.24) is 10.2 Å². The molecule has 2 aliphatic heterocycles. The van der Waals surface area contributed by atoms with Gasteiger partial charge in [0.2, 0.25) is 5.91 Å². The van der Waals surface area contributed by atoms with Crippen LogP contribution in [0.5, 0.6) is 0 Å². The highest BCUT2D eigenvalue weighted by molar-refractivity contribution is 5.88. The van der Waals surface area contributed by atoms with Crippen LogP contribution in [-0.2, 0) is 9.59 Å². The molecule has 2 unspecified atom stereocenters. The molecule has 2 heterocycles. The van der Waals surface area contributed by atoms with Gasteiger partial charge in [0.15, 0.2) is 0 Å². The van der Waals surface area contributed by atoms with E-state index in [0.29, 0.717) is 19.5 Å². The van der Waals surface area contributed by atoms with Crippen molar-refractivity contribution in [3.8, 4) is 0 Å². The monoisotopic (exact) mass is 282 g/mol. The largest absolute Gasteiger partial charge is 0.480 e. The van der Waals surface area contributed by atoms with E-state index in [9.17, 15) is 14.7 Å². The van der Waals surface area contributed by atoms with Crippen molar-refractivity contribution in [2.24, 2.45) is 5.41 Å². The number of piperidine rings is 2. The lowest BCUT2D eigenvalue weighted by atomic mass is 9.75. The molecule has 2 rings (SSSR count).